The smallest absolute Gasteiger partial charge is 0.223 e. The number of nitrogens with zero attached hydrogens (tertiary/aromatic N) is 1. The summed E-state index contributed by atoms with van der Waals surface area (Å²) in [4.78, 5) is 13.4. The van der Waals surface area contributed by atoms with Gasteiger partial charge in [0.15, 0.2) is 0 Å². The summed E-state index contributed by atoms with van der Waals surface area (Å²) < 4.78 is 0. The molecule has 0 aliphatic rings. The van der Waals surface area contributed by atoms with E-state index in [1.54, 1.807) is 4.90 Å². The van der Waals surface area contributed by atoms with Crippen LogP contribution in [0.5, 0.6) is 0 Å². The third-order valence-electron chi connectivity index (χ3n) is 2.11. The van der Waals surface area contributed by atoms with Gasteiger partial charge in [-0.2, -0.15) is 0 Å². The van der Waals surface area contributed by atoms with E-state index in [1.807, 2.05) is 6.92 Å². The summed E-state index contributed by atoms with van der Waals surface area (Å²) in [5, 5.41) is 12.0. The molecule has 0 heterocycles. The van der Waals surface area contributed by atoms with E-state index in [4.69, 9.17) is 5.11 Å². The zero-order valence-corrected chi connectivity index (χ0v) is 10.1. The Hall–Kier alpha value is -0.610. The monoisotopic (exact) mass is 216 g/mol. The second-order valence-corrected chi connectivity index (χ2v) is 3.96. The van der Waals surface area contributed by atoms with Crippen molar-refractivity contribution in [2.24, 2.45) is 0 Å². The fourth-order valence-electron chi connectivity index (χ4n) is 1.38. The van der Waals surface area contributed by atoms with Crippen molar-refractivity contribution in [2.75, 3.05) is 26.2 Å². The Morgan fingerprint density at radius 3 is 2.53 bits per heavy atom. The highest BCUT2D eigenvalue weighted by molar-refractivity contribution is 5.76. The third kappa shape index (κ3) is 7.33. The highest BCUT2D eigenvalue weighted by atomic mass is 16.3. The van der Waals surface area contributed by atoms with Crippen LogP contribution in [0.1, 0.15) is 33.6 Å². The molecule has 0 fully saturated rings. The fraction of sp³-hybridized carbons (Fsp3) is 0.909. The lowest BCUT2D eigenvalue weighted by atomic mass is 10.3. The molecule has 0 spiro atoms. The van der Waals surface area contributed by atoms with E-state index < -0.39 is 0 Å². The Bertz CT molecular complexity index is 166. The van der Waals surface area contributed by atoms with E-state index in [0.717, 1.165) is 13.0 Å². The lowest BCUT2D eigenvalue weighted by Gasteiger charge is -2.21. The first-order chi connectivity index (χ1) is 7.11. The average Bonchev–Trinajstić information content (AvgIpc) is 2.16. The highest BCUT2D eigenvalue weighted by Crippen LogP contribution is 1.96. The van der Waals surface area contributed by atoms with Crippen LogP contribution in [-0.4, -0.2) is 48.2 Å². The number of hydrogen-bond donors (Lipinski definition) is 2. The first kappa shape index (κ1) is 14.4. The number of amides is 1. The van der Waals surface area contributed by atoms with Crippen LogP contribution >= 0.6 is 0 Å². The molecule has 4 nitrogen and oxygen atoms in total. The van der Waals surface area contributed by atoms with Crippen LogP contribution in [0.15, 0.2) is 0 Å². The minimum Gasteiger partial charge on any atom is -0.395 e. The Kier molecular flexibility index (Phi) is 8.33. The number of aliphatic hydroxyl groups excluding tert-OH is 1. The Labute approximate surface area is 92.7 Å². The van der Waals surface area contributed by atoms with E-state index in [2.05, 4.69) is 19.2 Å². The zero-order valence-electron chi connectivity index (χ0n) is 10.1. The Morgan fingerprint density at radius 1 is 1.40 bits per heavy atom. The molecule has 4 heteroatoms. The van der Waals surface area contributed by atoms with Gasteiger partial charge in [-0.1, -0.05) is 20.8 Å². The topological polar surface area (TPSA) is 52.6 Å². The molecule has 0 aromatic heterocycles. The van der Waals surface area contributed by atoms with Gasteiger partial charge < -0.3 is 15.3 Å². The zero-order chi connectivity index (χ0) is 11.7. The molecular formula is C11H24N2O2. The molecule has 0 radical (unpaired) electrons. The molecule has 0 aliphatic carbocycles. The van der Waals surface area contributed by atoms with Crippen molar-refractivity contribution in [1.82, 2.24) is 10.2 Å². The molecule has 2 N–H and O–H groups in total. The predicted molar refractivity (Wildman–Crippen MR) is 61.7 cm³/mol. The molecule has 0 saturated carbocycles. The Balaban J connectivity index is 3.80. The summed E-state index contributed by atoms with van der Waals surface area (Å²) in [5.41, 5.74) is 0. The van der Waals surface area contributed by atoms with Crippen LogP contribution in [0.25, 0.3) is 0 Å². The number of nitrogens with one attached hydrogen (secondary N) is 1. The highest BCUT2D eigenvalue weighted by Gasteiger charge is 2.11. The van der Waals surface area contributed by atoms with E-state index in [0.29, 0.717) is 25.6 Å². The second-order valence-electron chi connectivity index (χ2n) is 3.96. The number of rotatable bonds is 8. The van der Waals surface area contributed by atoms with Gasteiger partial charge in [0.05, 0.1) is 6.61 Å². The third-order valence-corrected chi connectivity index (χ3v) is 2.11. The molecular weight excluding hydrogens is 192 g/mol. The number of carbonyl (C=O) groups is 1. The van der Waals surface area contributed by atoms with Crippen LogP contribution in [0.2, 0.25) is 0 Å². The van der Waals surface area contributed by atoms with Gasteiger partial charge in [0, 0.05) is 32.1 Å². The van der Waals surface area contributed by atoms with E-state index >= 15 is 0 Å². The molecule has 0 bridgehead atoms. The molecule has 0 atom stereocenters. The average molecular weight is 216 g/mol. The van der Waals surface area contributed by atoms with Gasteiger partial charge in [0.1, 0.15) is 0 Å². The molecule has 0 aromatic carbocycles. The maximum Gasteiger partial charge on any atom is 0.223 e. The molecule has 0 unspecified atom stereocenters. The summed E-state index contributed by atoms with van der Waals surface area (Å²) in [6.07, 6.45) is 1.45. The lowest BCUT2D eigenvalue weighted by Crippen LogP contribution is -2.36. The van der Waals surface area contributed by atoms with Gasteiger partial charge >= 0.3 is 0 Å². The van der Waals surface area contributed by atoms with Crippen LogP contribution in [0.3, 0.4) is 0 Å². The van der Waals surface area contributed by atoms with E-state index in [1.165, 1.54) is 0 Å². The van der Waals surface area contributed by atoms with Crippen molar-refractivity contribution in [1.29, 1.82) is 0 Å². The van der Waals surface area contributed by atoms with Crippen molar-refractivity contribution < 1.29 is 9.90 Å². The largest absolute Gasteiger partial charge is 0.395 e. The first-order valence-electron chi connectivity index (χ1n) is 5.73. The van der Waals surface area contributed by atoms with Crippen molar-refractivity contribution in [3.8, 4) is 0 Å². The first-order valence-corrected chi connectivity index (χ1v) is 5.73. The summed E-state index contributed by atoms with van der Waals surface area (Å²) in [7, 11) is 0. The minimum atomic E-state index is 0.0450. The van der Waals surface area contributed by atoms with Crippen molar-refractivity contribution in [3.63, 3.8) is 0 Å². The van der Waals surface area contributed by atoms with Gasteiger partial charge in [0.2, 0.25) is 5.91 Å². The Morgan fingerprint density at radius 2 is 2.07 bits per heavy atom. The van der Waals surface area contributed by atoms with Crippen LogP contribution in [0, 0.1) is 0 Å². The molecule has 0 saturated heterocycles. The maximum atomic E-state index is 11.7. The quantitative estimate of drug-likeness (QED) is 0.625. The lowest BCUT2D eigenvalue weighted by molar-refractivity contribution is -0.131. The number of carbonyl (C=O) groups excluding carboxylic acids is 1. The standard InChI is InChI=1S/C11H24N2O2/c1-4-7-13(8-9-14)11(15)5-6-12-10(2)3/h10,12,14H,4-9H2,1-3H3. The second kappa shape index (κ2) is 8.68. The molecule has 90 valence electrons. The normalized spacial score (nSPS) is 10.7. The van der Waals surface area contributed by atoms with Crippen molar-refractivity contribution >= 4 is 5.91 Å². The minimum absolute atomic E-state index is 0.0450. The molecule has 0 aliphatic heterocycles. The SMILES string of the molecule is CCCN(CCO)C(=O)CCNC(C)C. The van der Waals surface area contributed by atoms with Crippen LogP contribution in [-0.2, 0) is 4.79 Å². The van der Waals surface area contributed by atoms with E-state index in [9.17, 15) is 4.79 Å². The molecule has 1 amide bonds. The van der Waals surface area contributed by atoms with Gasteiger partial charge in [-0.25, -0.2) is 0 Å². The predicted octanol–water partition coefficient (Wildman–Crippen LogP) is 0.605. The summed E-state index contributed by atoms with van der Waals surface area (Å²) in [6, 6.07) is 0.412. The maximum absolute atomic E-state index is 11.7. The van der Waals surface area contributed by atoms with E-state index in [-0.39, 0.29) is 12.5 Å². The van der Waals surface area contributed by atoms with Gasteiger partial charge in [-0.3, -0.25) is 4.79 Å². The van der Waals surface area contributed by atoms with Crippen LogP contribution in [0.4, 0.5) is 0 Å². The fourth-order valence-corrected chi connectivity index (χ4v) is 1.38. The molecule has 0 aromatic rings. The van der Waals surface area contributed by atoms with Crippen molar-refractivity contribution in [3.05, 3.63) is 0 Å². The summed E-state index contributed by atoms with van der Waals surface area (Å²) >= 11 is 0. The van der Waals surface area contributed by atoms with Gasteiger partial charge in [-0.05, 0) is 6.42 Å². The van der Waals surface area contributed by atoms with Gasteiger partial charge in [0.25, 0.3) is 0 Å². The molecule has 15 heavy (non-hydrogen) atoms. The van der Waals surface area contributed by atoms with Crippen molar-refractivity contribution in [2.45, 2.75) is 39.7 Å². The summed E-state index contributed by atoms with van der Waals surface area (Å²) in [6.45, 7) is 8.09. The van der Waals surface area contributed by atoms with Crippen LogP contribution < -0.4 is 5.32 Å². The molecule has 0 rings (SSSR count). The van der Waals surface area contributed by atoms with Gasteiger partial charge in [-0.15, -0.1) is 0 Å². The number of hydrogen-bond acceptors (Lipinski definition) is 3. The summed E-state index contributed by atoms with van der Waals surface area (Å²) in [5.74, 6) is 0.124. The number of aliphatic hydroxyl groups is 1.